The zero-order chi connectivity index (χ0) is 13.0. The van der Waals surface area contributed by atoms with Gasteiger partial charge in [-0.3, -0.25) is 4.98 Å². The minimum atomic E-state index is -0.276. The van der Waals surface area contributed by atoms with Crippen LogP contribution in [0.15, 0.2) is 34.9 Å². The Morgan fingerprint density at radius 2 is 2.28 bits per heavy atom. The molecule has 2 aromatic rings. The van der Waals surface area contributed by atoms with Crippen LogP contribution in [0.5, 0.6) is 0 Å². The van der Waals surface area contributed by atoms with Gasteiger partial charge in [0, 0.05) is 29.1 Å². The van der Waals surface area contributed by atoms with Crippen LogP contribution < -0.4 is 5.32 Å². The molecule has 18 heavy (non-hydrogen) atoms. The van der Waals surface area contributed by atoms with Gasteiger partial charge in [0.05, 0.1) is 11.6 Å². The van der Waals surface area contributed by atoms with E-state index in [0.29, 0.717) is 6.54 Å². The molecule has 0 radical (unpaired) electrons. The Morgan fingerprint density at radius 1 is 1.44 bits per heavy atom. The molecule has 0 fully saturated rings. The number of halogens is 1. The van der Waals surface area contributed by atoms with Gasteiger partial charge in [-0.2, -0.15) is 0 Å². The topological polar surface area (TPSA) is 45.1 Å². The maximum atomic E-state index is 9.49. The molecule has 1 atom stereocenters. The molecule has 0 spiro atoms. The van der Waals surface area contributed by atoms with Crippen LogP contribution in [0.2, 0.25) is 0 Å². The summed E-state index contributed by atoms with van der Waals surface area (Å²) in [6.07, 6.45) is 2.30. The average Bonchev–Trinajstić information content (AvgIpc) is 2.39. The number of aliphatic hydroxyl groups excluding tert-OH is 1. The fourth-order valence-corrected chi connectivity index (χ4v) is 2.29. The van der Waals surface area contributed by atoms with E-state index in [0.717, 1.165) is 33.9 Å². The number of aromatic nitrogens is 1. The van der Waals surface area contributed by atoms with E-state index >= 15 is 0 Å². The molecule has 96 valence electrons. The molecule has 0 unspecified atom stereocenters. The Labute approximate surface area is 115 Å². The molecule has 0 saturated carbocycles. The van der Waals surface area contributed by atoms with Crippen LogP contribution in [0, 0.1) is 0 Å². The molecule has 1 aromatic carbocycles. The van der Waals surface area contributed by atoms with Gasteiger partial charge in [0.15, 0.2) is 0 Å². The van der Waals surface area contributed by atoms with Crippen molar-refractivity contribution in [2.45, 2.75) is 26.0 Å². The summed E-state index contributed by atoms with van der Waals surface area (Å²) in [5, 5.41) is 13.9. The number of aliphatic hydroxyl groups is 1. The van der Waals surface area contributed by atoms with Crippen molar-refractivity contribution in [2.24, 2.45) is 0 Å². The molecular formula is C14H17BrN2O. The van der Waals surface area contributed by atoms with Gasteiger partial charge in [0.25, 0.3) is 0 Å². The number of rotatable bonds is 5. The predicted octanol–water partition coefficient (Wildman–Crippen LogP) is 2.86. The first-order valence-corrected chi connectivity index (χ1v) is 6.92. The van der Waals surface area contributed by atoms with Crippen molar-refractivity contribution in [3.8, 4) is 0 Å². The monoisotopic (exact) mass is 308 g/mol. The molecule has 2 rings (SSSR count). The van der Waals surface area contributed by atoms with Crippen molar-refractivity contribution in [2.75, 3.05) is 6.54 Å². The first kappa shape index (κ1) is 13.5. The molecule has 1 heterocycles. The van der Waals surface area contributed by atoms with Gasteiger partial charge in [-0.15, -0.1) is 0 Å². The molecule has 0 aliphatic carbocycles. The highest BCUT2D eigenvalue weighted by Gasteiger charge is 2.05. The smallest absolute Gasteiger partial charge is 0.0705 e. The molecule has 0 aliphatic rings. The van der Waals surface area contributed by atoms with Gasteiger partial charge in [-0.1, -0.05) is 28.9 Å². The summed E-state index contributed by atoms with van der Waals surface area (Å²) in [4.78, 5) is 4.34. The van der Waals surface area contributed by atoms with Gasteiger partial charge in [-0.25, -0.2) is 0 Å². The predicted molar refractivity (Wildman–Crippen MR) is 77.4 cm³/mol. The first-order valence-electron chi connectivity index (χ1n) is 6.12. The lowest BCUT2D eigenvalue weighted by molar-refractivity contribution is 0.167. The van der Waals surface area contributed by atoms with Crippen molar-refractivity contribution in [1.82, 2.24) is 10.3 Å². The number of nitrogens with zero attached hydrogens (tertiary/aromatic N) is 1. The third kappa shape index (κ3) is 3.28. The van der Waals surface area contributed by atoms with Crippen LogP contribution in [0.1, 0.15) is 18.9 Å². The number of hydrogen-bond donors (Lipinski definition) is 2. The molecule has 0 bridgehead atoms. The second-order valence-electron chi connectivity index (χ2n) is 4.33. The Balaban J connectivity index is 2.10. The second kappa shape index (κ2) is 6.27. The van der Waals surface area contributed by atoms with Crippen molar-refractivity contribution in [3.63, 3.8) is 0 Å². The Hall–Kier alpha value is -0.970. The van der Waals surface area contributed by atoms with E-state index < -0.39 is 0 Å². The fourth-order valence-electron chi connectivity index (χ4n) is 1.79. The molecule has 4 heteroatoms. The zero-order valence-electron chi connectivity index (χ0n) is 10.4. The third-order valence-corrected chi connectivity index (χ3v) is 3.68. The lowest BCUT2D eigenvalue weighted by Gasteiger charge is -2.11. The normalized spacial score (nSPS) is 12.8. The third-order valence-electron chi connectivity index (χ3n) is 2.94. The summed E-state index contributed by atoms with van der Waals surface area (Å²) < 4.78 is 1.07. The maximum absolute atomic E-state index is 9.49. The summed E-state index contributed by atoms with van der Waals surface area (Å²) in [6.45, 7) is 3.32. The maximum Gasteiger partial charge on any atom is 0.0705 e. The van der Waals surface area contributed by atoms with E-state index in [2.05, 4.69) is 38.4 Å². The Kier molecular flexibility index (Phi) is 4.69. The van der Waals surface area contributed by atoms with Gasteiger partial charge < -0.3 is 10.4 Å². The largest absolute Gasteiger partial charge is 0.392 e. The molecule has 2 N–H and O–H groups in total. The van der Waals surface area contributed by atoms with E-state index in [1.165, 1.54) is 0 Å². The van der Waals surface area contributed by atoms with Crippen molar-refractivity contribution in [1.29, 1.82) is 0 Å². The lowest BCUT2D eigenvalue weighted by Crippen LogP contribution is -2.25. The Morgan fingerprint density at radius 3 is 3.06 bits per heavy atom. The van der Waals surface area contributed by atoms with Gasteiger partial charge >= 0.3 is 0 Å². The van der Waals surface area contributed by atoms with Crippen molar-refractivity contribution >= 4 is 26.8 Å². The van der Waals surface area contributed by atoms with Crippen LogP contribution in [0.3, 0.4) is 0 Å². The Bertz CT molecular complexity index is 530. The number of benzene rings is 1. The number of hydrogen-bond acceptors (Lipinski definition) is 3. The summed E-state index contributed by atoms with van der Waals surface area (Å²) in [5.41, 5.74) is 2.15. The number of pyridine rings is 1. The highest BCUT2D eigenvalue weighted by atomic mass is 79.9. The molecule has 1 aromatic heterocycles. The van der Waals surface area contributed by atoms with Crippen LogP contribution in [-0.4, -0.2) is 22.7 Å². The molecule has 0 amide bonds. The minimum Gasteiger partial charge on any atom is -0.392 e. The lowest BCUT2D eigenvalue weighted by atomic mass is 10.1. The van der Waals surface area contributed by atoms with Gasteiger partial charge in [0.1, 0.15) is 0 Å². The fraction of sp³-hybridized carbons (Fsp3) is 0.357. The average molecular weight is 309 g/mol. The summed E-state index contributed by atoms with van der Waals surface area (Å²) in [5.74, 6) is 0. The SMILES string of the molecule is CC[C@H](O)CNCc1cc2ncccc2cc1Br. The van der Waals surface area contributed by atoms with Crippen LogP contribution >= 0.6 is 15.9 Å². The molecule has 3 nitrogen and oxygen atoms in total. The summed E-state index contributed by atoms with van der Waals surface area (Å²) >= 11 is 3.57. The van der Waals surface area contributed by atoms with Gasteiger partial charge in [0.2, 0.25) is 0 Å². The highest BCUT2D eigenvalue weighted by molar-refractivity contribution is 9.10. The van der Waals surface area contributed by atoms with E-state index in [-0.39, 0.29) is 6.10 Å². The summed E-state index contributed by atoms with van der Waals surface area (Å²) in [6, 6.07) is 8.13. The van der Waals surface area contributed by atoms with Crippen LogP contribution in [0.25, 0.3) is 10.9 Å². The van der Waals surface area contributed by atoms with Crippen molar-refractivity contribution in [3.05, 3.63) is 40.5 Å². The van der Waals surface area contributed by atoms with E-state index in [9.17, 15) is 5.11 Å². The highest BCUT2D eigenvalue weighted by Crippen LogP contribution is 2.23. The van der Waals surface area contributed by atoms with E-state index in [4.69, 9.17) is 0 Å². The van der Waals surface area contributed by atoms with E-state index in [1.807, 2.05) is 19.1 Å². The number of fused-ring (bicyclic) bond motifs is 1. The standard InChI is InChI=1S/C14H17BrN2O/c1-2-12(18)9-16-8-11-7-14-10(6-13(11)15)4-3-5-17-14/h3-7,12,16,18H,2,8-9H2,1H3/t12-/m0/s1. The minimum absolute atomic E-state index is 0.276. The molecule has 0 saturated heterocycles. The first-order chi connectivity index (χ1) is 8.70. The van der Waals surface area contributed by atoms with E-state index in [1.54, 1.807) is 6.20 Å². The molecular weight excluding hydrogens is 292 g/mol. The number of nitrogens with one attached hydrogen (secondary N) is 1. The zero-order valence-corrected chi connectivity index (χ0v) is 11.9. The van der Waals surface area contributed by atoms with Crippen LogP contribution in [0.4, 0.5) is 0 Å². The molecule has 0 aliphatic heterocycles. The second-order valence-corrected chi connectivity index (χ2v) is 5.19. The van der Waals surface area contributed by atoms with Gasteiger partial charge in [-0.05, 0) is 30.2 Å². The van der Waals surface area contributed by atoms with Crippen LogP contribution in [-0.2, 0) is 6.54 Å². The van der Waals surface area contributed by atoms with Crippen molar-refractivity contribution < 1.29 is 5.11 Å². The summed E-state index contributed by atoms with van der Waals surface area (Å²) in [7, 11) is 0. The quantitative estimate of drug-likeness (QED) is 0.893.